The number of benzene rings is 1. The fourth-order valence-electron chi connectivity index (χ4n) is 3.79. The first-order valence-electron chi connectivity index (χ1n) is 8.12. The summed E-state index contributed by atoms with van der Waals surface area (Å²) in [5.41, 5.74) is 10.4. The third-order valence-corrected chi connectivity index (χ3v) is 5.31. The first kappa shape index (κ1) is 15.4. The molecule has 1 saturated carbocycles. The fraction of sp³-hybridized carbons (Fsp3) is 0.556. The van der Waals surface area contributed by atoms with E-state index in [4.69, 9.17) is 10.5 Å². The highest BCUT2D eigenvalue weighted by Gasteiger charge is 2.53. The van der Waals surface area contributed by atoms with Crippen LogP contribution in [-0.2, 0) is 17.8 Å². The zero-order chi connectivity index (χ0) is 15.9. The average Bonchev–Trinajstić information content (AvgIpc) is 2.91. The zero-order valence-electron chi connectivity index (χ0n) is 13.5. The maximum absolute atomic E-state index is 11.5. The van der Waals surface area contributed by atoms with Crippen LogP contribution in [0.2, 0.25) is 0 Å². The summed E-state index contributed by atoms with van der Waals surface area (Å²) in [6.45, 7) is 11.0. The van der Waals surface area contributed by atoms with Gasteiger partial charge in [-0.25, -0.2) is 4.79 Å². The van der Waals surface area contributed by atoms with Crippen molar-refractivity contribution < 1.29 is 9.53 Å². The summed E-state index contributed by atoms with van der Waals surface area (Å²) >= 11 is 0. The Kier molecular flexibility index (Phi) is 4.15. The van der Waals surface area contributed by atoms with Crippen LogP contribution in [0.25, 0.3) is 0 Å². The summed E-state index contributed by atoms with van der Waals surface area (Å²) < 4.78 is 5.11. The minimum absolute atomic E-state index is 0.178. The lowest BCUT2D eigenvalue weighted by molar-refractivity contribution is 0.0535. The molecule has 2 atom stereocenters. The molecule has 1 aliphatic carbocycles. The van der Waals surface area contributed by atoms with E-state index in [1.54, 1.807) is 6.92 Å². The molecule has 1 aromatic carbocycles. The van der Waals surface area contributed by atoms with E-state index < -0.39 is 0 Å². The molecular formula is C18H25N2O2+. The Morgan fingerprint density at radius 3 is 2.68 bits per heavy atom. The first-order chi connectivity index (χ1) is 10.6. The molecule has 2 aliphatic heterocycles. The van der Waals surface area contributed by atoms with Crippen LogP contribution < -0.4 is 5.73 Å². The molecular weight excluding hydrogens is 276 g/mol. The summed E-state index contributed by atoms with van der Waals surface area (Å²) in [6.07, 6.45) is 1.04. The predicted molar refractivity (Wildman–Crippen MR) is 86.4 cm³/mol. The second-order valence-corrected chi connectivity index (χ2v) is 6.37. The number of fused-ring (bicyclic) bond motifs is 2. The van der Waals surface area contributed by atoms with Gasteiger partial charge in [0.15, 0.2) is 0 Å². The minimum Gasteiger partial charge on any atom is -0.457 e. The number of likely N-dealkylation sites (tertiary alicyclic amines) is 1. The van der Waals surface area contributed by atoms with Gasteiger partial charge < -0.3 is 15.4 Å². The SMILES string of the molecule is Cc1c(CCN2CC3C(N)C3C2)ccc2c1COC2=O.[CH2+]C. The molecule has 2 heterocycles. The molecule has 22 heavy (non-hydrogen) atoms. The Labute approximate surface area is 132 Å². The van der Waals surface area contributed by atoms with E-state index in [-0.39, 0.29) is 5.97 Å². The molecule has 0 aromatic heterocycles. The number of piperidine rings is 1. The molecule has 3 aliphatic rings. The van der Waals surface area contributed by atoms with Crippen molar-refractivity contribution in [1.82, 2.24) is 4.90 Å². The van der Waals surface area contributed by atoms with E-state index in [1.165, 1.54) is 11.1 Å². The van der Waals surface area contributed by atoms with Crippen LogP contribution in [-0.4, -0.2) is 36.5 Å². The van der Waals surface area contributed by atoms with Crippen molar-refractivity contribution in [1.29, 1.82) is 0 Å². The third-order valence-electron chi connectivity index (χ3n) is 5.31. The Hall–Kier alpha value is -1.52. The molecule has 4 heteroatoms. The predicted octanol–water partition coefficient (Wildman–Crippen LogP) is 1.94. The van der Waals surface area contributed by atoms with Gasteiger partial charge in [0.25, 0.3) is 0 Å². The second-order valence-electron chi connectivity index (χ2n) is 6.37. The van der Waals surface area contributed by atoms with Gasteiger partial charge in [-0.05, 0) is 42.4 Å². The number of carbonyl (C=O) groups excluding carboxylic acids is 1. The van der Waals surface area contributed by atoms with Crippen molar-refractivity contribution in [2.75, 3.05) is 19.6 Å². The maximum Gasteiger partial charge on any atom is 0.338 e. The molecule has 1 saturated heterocycles. The van der Waals surface area contributed by atoms with Crippen LogP contribution in [0, 0.1) is 25.7 Å². The zero-order valence-corrected chi connectivity index (χ0v) is 13.5. The summed E-state index contributed by atoms with van der Waals surface area (Å²) in [5.74, 6) is 1.33. The lowest BCUT2D eigenvalue weighted by Crippen LogP contribution is -2.30. The quantitative estimate of drug-likeness (QED) is 0.685. The summed E-state index contributed by atoms with van der Waals surface area (Å²) in [6, 6.07) is 4.48. The van der Waals surface area contributed by atoms with Crippen LogP contribution in [0.4, 0.5) is 0 Å². The van der Waals surface area contributed by atoms with Gasteiger partial charge in [-0.15, -0.1) is 0 Å². The molecule has 2 fully saturated rings. The van der Waals surface area contributed by atoms with Crippen molar-refractivity contribution in [3.05, 3.63) is 41.3 Å². The molecule has 0 bridgehead atoms. The number of nitrogens with two attached hydrogens (primary N) is 1. The highest BCUT2D eigenvalue weighted by Crippen LogP contribution is 2.43. The van der Waals surface area contributed by atoms with Gasteiger partial charge in [-0.2, -0.15) is 0 Å². The van der Waals surface area contributed by atoms with Gasteiger partial charge in [-0.3, -0.25) is 0 Å². The van der Waals surface area contributed by atoms with Gasteiger partial charge >= 0.3 is 5.97 Å². The van der Waals surface area contributed by atoms with Crippen LogP contribution in [0.15, 0.2) is 12.1 Å². The Morgan fingerprint density at radius 1 is 1.32 bits per heavy atom. The van der Waals surface area contributed by atoms with E-state index in [9.17, 15) is 4.79 Å². The average molecular weight is 301 g/mol. The number of nitrogens with zero attached hydrogens (tertiary/aromatic N) is 1. The van der Waals surface area contributed by atoms with Crippen LogP contribution in [0.1, 0.15) is 34.0 Å². The molecule has 2 N–H and O–H groups in total. The first-order valence-corrected chi connectivity index (χ1v) is 8.12. The third kappa shape index (κ3) is 2.50. The van der Waals surface area contributed by atoms with Gasteiger partial charge in [0.05, 0.1) is 19.4 Å². The number of hydrogen-bond acceptors (Lipinski definition) is 4. The van der Waals surface area contributed by atoms with Gasteiger partial charge in [0, 0.05) is 31.2 Å². The van der Waals surface area contributed by atoms with Crippen molar-refractivity contribution in [3.63, 3.8) is 0 Å². The van der Waals surface area contributed by atoms with Crippen molar-refractivity contribution in [2.45, 2.75) is 32.9 Å². The molecule has 118 valence electrons. The van der Waals surface area contributed by atoms with Crippen LogP contribution >= 0.6 is 0 Å². The highest BCUT2D eigenvalue weighted by atomic mass is 16.5. The normalized spacial score (nSPS) is 28.5. The van der Waals surface area contributed by atoms with Crippen molar-refractivity contribution in [3.8, 4) is 0 Å². The standard InChI is InChI=1S/C16H20N2O2.C2H5/c1-9-10(2-3-11-14(9)8-20-16(11)19)4-5-18-6-12-13(7-18)15(12)17;1-2/h2-3,12-13,15H,4-8,17H2,1H3;1H2,2H3/q;+1. The van der Waals surface area contributed by atoms with E-state index in [0.717, 1.165) is 49.0 Å². The fourth-order valence-corrected chi connectivity index (χ4v) is 3.79. The topological polar surface area (TPSA) is 55.6 Å². The van der Waals surface area contributed by atoms with E-state index in [0.29, 0.717) is 12.6 Å². The lowest BCUT2D eigenvalue weighted by atomic mass is 9.97. The number of carbonyl (C=O) groups is 1. The molecule has 2 unspecified atom stereocenters. The van der Waals surface area contributed by atoms with Gasteiger partial charge in [0.2, 0.25) is 0 Å². The minimum atomic E-state index is -0.178. The second kappa shape index (κ2) is 5.94. The lowest BCUT2D eigenvalue weighted by Gasteiger charge is -2.19. The van der Waals surface area contributed by atoms with Crippen molar-refractivity contribution >= 4 is 5.97 Å². The Balaban J connectivity index is 0.000000693. The maximum atomic E-state index is 11.5. The van der Waals surface area contributed by atoms with Crippen LogP contribution in [0.5, 0.6) is 0 Å². The molecule has 0 spiro atoms. The molecule has 4 rings (SSSR count). The smallest absolute Gasteiger partial charge is 0.338 e. The molecule has 0 amide bonds. The van der Waals surface area contributed by atoms with E-state index >= 15 is 0 Å². The number of cyclic esters (lactones) is 1. The van der Waals surface area contributed by atoms with E-state index in [1.807, 2.05) is 6.07 Å². The molecule has 4 nitrogen and oxygen atoms in total. The number of esters is 1. The highest BCUT2D eigenvalue weighted by molar-refractivity contribution is 5.93. The van der Waals surface area contributed by atoms with Crippen LogP contribution in [0.3, 0.4) is 0 Å². The van der Waals surface area contributed by atoms with Gasteiger partial charge in [-0.1, -0.05) is 6.07 Å². The Morgan fingerprint density at radius 2 is 2.00 bits per heavy atom. The summed E-state index contributed by atoms with van der Waals surface area (Å²) in [4.78, 5) is 14.0. The number of rotatable bonds is 3. The van der Waals surface area contributed by atoms with Gasteiger partial charge in [0.1, 0.15) is 6.61 Å². The summed E-state index contributed by atoms with van der Waals surface area (Å²) in [7, 11) is 0. The monoisotopic (exact) mass is 301 g/mol. The molecule has 0 radical (unpaired) electrons. The summed E-state index contributed by atoms with van der Waals surface area (Å²) in [5, 5.41) is 0. The largest absolute Gasteiger partial charge is 0.457 e. The van der Waals surface area contributed by atoms with E-state index in [2.05, 4.69) is 24.8 Å². The number of hydrogen-bond donors (Lipinski definition) is 1. The Bertz CT molecular complexity index is 573. The number of ether oxygens (including phenoxy) is 1. The molecule has 1 aromatic rings. The van der Waals surface area contributed by atoms with Crippen molar-refractivity contribution in [2.24, 2.45) is 17.6 Å².